The lowest BCUT2D eigenvalue weighted by Crippen LogP contribution is -2.23. The van der Waals surface area contributed by atoms with Crippen molar-refractivity contribution in [2.75, 3.05) is 23.3 Å². The van der Waals surface area contributed by atoms with E-state index >= 15 is 0 Å². The maximum atomic E-state index is 11.8. The Hall–Kier alpha value is -3.92. The Kier molecular flexibility index (Phi) is 6.84. The monoisotopic (exact) mass is 435 g/mol. The van der Waals surface area contributed by atoms with Gasteiger partial charge >= 0.3 is 0 Å². The molecule has 1 heterocycles. The van der Waals surface area contributed by atoms with Crippen molar-refractivity contribution in [3.63, 3.8) is 0 Å². The lowest BCUT2D eigenvalue weighted by atomic mass is 9.99. The van der Waals surface area contributed by atoms with Crippen LogP contribution in [0.25, 0.3) is 33.6 Å². The van der Waals surface area contributed by atoms with Gasteiger partial charge < -0.3 is 10.2 Å². The Morgan fingerprint density at radius 2 is 1.27 bits per heavy atom. The van der Waals surface area contributed by atoms with Gasteiger partial charge in [0.15, 0.2) is 0 Å². The fourth-order valence-electron chi connectivity index (χ4n) is 4.04. The molecule has 4 heteroatoms. The first-order valence-electron chi connectivity index (χ1n) is 11.4. The minimum Gasteiger partial charge on any atom is -0.370 e. The van der Waals surface area contributed by atoms with E-state index in [2.05, 4.69) is 72.6 Å². The molecule has 0 radical (unpaired) electrons. The molecular formula is C29H29N3O. The van der Waals surface area contributed by atoms with Gasteiger partial charge in [-0.1, -0.05) is 66.7 Å². The molecule has 4 nitrogen and oxygen atoms in total. The summed E-state index contributed by atoms with van der Waals surface area (Å²) in [5, 5.41) is 2.98. The lowest BCUT2D eigenvalue weighted by Gasteiger charge is -2.25. The van der Waals surface area contributed by atoms with Gasteiger partial charge in [0, 0.05) is 31.1 Å². The topological polar surface area (TPSA) is 45.2 Å². The third-order valence-electron chi connectivity index (χ3n) is 5.71. The van der Waals surface area contributed by atoms with Gasteiger partial charge in [-0.25, -0.2) is 4.98 Å². The SMILES string of the molecule is CCN(CC)c1cc(-c2cc(-c3ccccc3)nc(-c3ccccc3)c2)ccc1NC(C)=O. The average molecular weight is 436 g/mol. The quantitative estimate of drug-likeness (QED) is 0.344. The van der Waals surface area contributed by atoms with Crippen molar-refractivity contribution in [2.45, 2.75) is 20.8 Å². The Morgan fingerprint density at radius 3 is 1.76 bits per heavy atom. The smallest absolute Gasteiger partial charge is 0.221 e. The van der Waals surface area contributed by atoms with Crippen molar-refractivity contribution in [2.24, 2.45) is 0 Å². The highest BCUT2D eigenvalue weighted by atomic mass is 16.1. The summed E-state index contributed by atoms with van der Waals surface area (Å²) in [5.41, 5.74) is 8.05. The molecule has 0 saturated carbocycles. The summed E-state index contributed by atoms with van der Waals surface area (Å²) >= 11 is 0. The molecule has 0 bridgehead atoms. The van der Waals surface area contributed by atoms with E-state index in [0.29, 0.717) is 0 Å². The van der Waals surface area contributed by atoms with Gasteiger partial charge in [0.2, 0.25) is 5.91 Å². The summed E-state index contributed by atoms with van der Waals surface area (Å²) in [6, 6.07) is 31.0. The van der Waals surface area contributed by atoms with E-state index in [1.807, 2.05) is 42.5 Å². The van der Waals surface area contributed by atoms with Crippen LogP contribution in [0.5, 0.6) is 0 Å². The second-order valence-corrected chi connectivity index (χ2v) is 7.94. The average Bonchev–Trinajstić information content (AvgIpc) is 2.86. The first-order valence-corrected chi connectivity index (χ1v) is 11.4. The van der Waals surface area contributed by atoms with Crippen LogP contribution < -0.4 is 10.2 Å². The zero-order valence-corrected chi connectivity index (χ0v) is 19.4. The van der Waals surface area contributed by atoms with Gasteiger partial charge in [-0.3, -0.25) is 4.79 Å². The van der Waals surface area contributed by atoms with Crippen LogP contribution >= 0.6 is 0 Å². The fraction of sp³-hybridized carbons (Fsp3) is 0.172. The van der Waals surface area contributed by atoms with Crippen LogP contribution in [0.4, 0.5) is 11.4 Å². The third-order valence-corrected chi connectivity index (χ3v) is 5.71. The highest BCUT2D eigenvalue weighted by molar-refractivity contribution is 5.94. The van der Waals surface area contributed by atoms with E-state index < -0.39 is 0 Å². The number of aromatic nitrogens is 1. The van der Waals surface area contributed by atoms with Gasteiger partial charge in [0.25, 0.3) is 0 Å². The number of pyridine rings is 1. The van der Waals surface area contributed by atoms with E-state index in [0.717, 1.165) is 58.1 Å². The van der Waals surface area contributed by atoms with Crippen molar-refractivity contribution >= 4 is 17.3 Å². The van der Waals surface area contributed by atoms with Crippen LogP contribution in [0.1, 0.15) is 20.8 Å². The summed E-state index contributed by atoms with van der Waals surface area (Å²) in [5.74, 6) is -0.0715. The largest absolute Gasteiger partial charge is 0.370 e. The molecule has 1 N–H and O–H groups in total. The Balaban J connectivity index is 1.89. The summed E-state index contributed by atoms with van der Waals surface area (Å²) in [6.07, 6.45) is 0. The molecule has 33 heavy (non-hydrogen) atoms. The highest BCUT2D eigenvalue weighted by Crippen LogP contribution is 2.35. The second kappa shape index (κ2) is 10.1. The zero-order chi connectivity index (χ0) is 23.2. The summed E-state index contributed by atoms with van der Waals surface area (Å²) in [7, 11) is 0. The number of carbonyl (C=O) groups is 1. The molecular weight excluding hydrogens is 406 g/mol. The van der Waals surface area contributed by atoms with Gasteiger partial charge in [0.1, 0.15) is 0 Å². The van der Waals surface area contributed by atoms with Crippen molar-refractivity contribution in [3.05, 3.63) is 91.0 Å². The first-order chi connectivity index (χ1) is 16.1. The molecule has 0 aliphatic heterocycles. The van der Waals surface area contributed by atoms with Gasteiger partial charge in [-0.15, -0.1) is 0 Å². The molecule has 0 aliphatic carbocycles. The van der Waals surface area contributed by atoms with Crippen molar-refractivity contribution in [1.29, 1.82) is 0 Å². The maximum Gasteiger partial charge on any atom is 0.221 e. The number of hydrogen-bond acceptors (Lipinski definition) is 3. The molecule has 4 rings (SSSR count). The van der Waals surface area contributed by atoms with Gasteiger partial charge in [-0.05, 0) is 49.2 Å². The number of nitrogens with one attached hydrogen (secondary N) is 1. The van der Waals surface area contributed by atoms with E-state index in [-0.39, 0.29) is 5.91 Å². The van der Waals surface area contributed by atoms with Crippen LogP contribution in [0.2, 0.25) is 0 Å². The molecule has 1 amide bonds. The van der Waals surface area contributed by atoms with Crippen LogP contribution in [0.15, 0.2) is 91.0 Å². The van der Waals surface area contributed by atoms with Crippen LogP contribution in [-0.2, 0) is 4.79 Å². The second-order valence-electron chi connectivity index (χ2n) is 7.94. The molecule has 0 fully saturated rings. The summed E-state index contributed by atoms with van der Waals surface area (Å²) in [6.45, 7) is 7.50. The Morgan fingerprint density at radius 1 is 0.727 bits per heavy atom. The van der Waals surface area contributed by atoms with Gasteiger partial charge in [0.05, 0.1) is 22.8 Å². The zero-order valence-electron chi connectivity index (χ0n) is 19.4. The molecule has 0 unspecified atom stereocenters. The molecule has 4 aromatic rings. The summed E-state index contributed by atoms with van der Waals surface area (Å²) < 4.78 is 0. The molecule has 0 spiro atoms. The van der Waals surface area contributed by atoms with Crippen molar-refractivity contribution in [1.82, 2.24) is 4.98 Å². The van der Waals surface area contributed by atoms with Crippen molar-refractivity contribution in [3.8, 4) is 33.6 Å². The predicted octanol–water partition coefficient (Wildman–Crippen LogP) is 6.89. The number of amides is 1. The standard InChI is InChI=1S/C29H29N3O/c1-4-32(5-2)29-20-24(16-17-26(29)30-21(3)33)25-18-27(22-12-8-6-9-13-22)31-28(19-25)23-14-10-7-11-15-23/h6-20H,4-5H2,1-3H3,(H,30,33). The number of carbonyl (C=O) groups excluding carboxylic acids is 1. The number of hydrogen-bond donors (Lipinski definition) is 1. The molecule has 1 aromatic heterocycles. The number of rotatable bonds is 7. The fourth-order valence-corrected chi connectivity index (χ4v) is 4.04. The number of anilines is 2. The Bertz CT molecular complexity index is 1170. The maximum absolute atomic E-state index is 11.8. The first kappa shape index (κ1) is 22.3. The van der Waals surface area contributed by atoms with Crippen LogP contribution in [-0.4, -0.2) is 24.0 Å². The van der Waals surface area contributed by atoms with Crippen LogP contribution in [0, 0.1) is 0 Å². The molecule has 0 saturated heterocycles. The highest BCUT2D eigenvalue weighted by Gasteiger charge is 2.14. The third kappa shape index (κ3) is 5.12. The number of benzene rings is 3. The van der Waals surface area contributed by atoms with E-state index in [1.54, 1.807) is 6.92 Å². The van der Waals surface area contributed by atoms with Gasteiger partial charge in [-0.2, -0.15) is 0 Å². The minimum atomic E-state index is -0.0715. The molecule has 3 aromatic carbocycles. The van der Waals surface area contributed by atoms with E-state index in [9.17, 15) is 4.79 Å². The van der Waals surface area contributed by atoms with Crippen molar-refractivity contribution < 1.29 is 4.79 Å². The Labute approximate surface area is 195 Å². The lowest BCUT2D eigenvalue weighted by molar-refractivity contribution is -0.114. The predicted molar refractivity (Wildman–Crippen MR) is 138 cm³/mol. The molecule has 0 atom stereocenters. The normalized spacial score (nSPS) is 10.6. The molecule has 166 valence electrons. The van der Waals surface area contributed by atoms with E-state index in [4.69, 9.17) is 4.98 Å². The molecule has 0 aliphatic rings. The van der Waals surface area contributed by atoms with E-state index in [1.165, 1.54) is 0 Å². The summed E-state index contributed by atoms with van der Waals surface area (Å²) in [4.78, 5) is 19.0. The minimum absolute atomic E-state index is 0.0715. The number of nitrogens with zero attached hydrogens (tertiary/aromatic N) is 2. The van der Waals surface area contributed by atoms with Crippen LogP contribution in [0.3, 0.4) is 0 Å².